The first-order valence-electron chi connectivity index (χ1n) is 3.76. The number of halogens is 1. The zero-order valence-electron chi connectivity index (χ0n) is 7.13. The highest BCUT2D eigenvalue weighted by Crippen LogP contribution is 2.07. The van der Waals surface area contributed by atoms with Crippen molar-refractivity contribution in [2.24, 2.45) is 5.92 Å². The van der Waals surface area contributed by atoms with Gasteiger partial charge in [-0.15, -0.1) is 6.58 Å². The molecular formula is C9H13ClO2. The molecule has 0 saturated carbocycles. The molecule has 12 heavy (non-hydrogen) atoms. The Hall–Kier alpha value is -0.760. The summed E-state index contributed by atoms with van der Waals surface area (Å²) < 4.78 is 4.64. The van der Waals surface area contributed by atoms with E-state index in [4.69, 9.17) is 11.6 Å². The SMILES string of the molecule is C=CC[C@@H](/C=C\C)COC(=O)Cl. The van der Waals surface area contributed by atoms with Crippen molar-refractivity contribution in [1.29, 1.82) is 0 Å². The summed E-state index contributed by atoms with van der Waals surface area (Å²) >= 11 is 5.01. The lowest BCUT2D eigenvalue weighted by Crippen LogP contribution is -2.07. The molecule has 0 N–H and O–H groups in total. The molecule has 0 heterocycles. The maximum absolute atomic E-state index is 10.2. The highest BCUT2D eigenvalue weighted by Gasteiger charge is 2.04. The molecule has 0 saturated heterocycles. The maximum Gasteiger partial charge on any atom is 0.403 e. The van der Waals surface area contributed by atoms with Crippen molar-refractivity contribution in [2.75, 3.05) is 6.61 Å². The molecule has 68 valence electrons. The number of ether oxygens (including phenoxy) is 1. The van der Waals surface area contributed by atoms with Crippen molar-refractivity contribution in [3.63, 3.8) is 0 Å². The van der Waals surface area contributed by atoms with Crippen LogP contribution < -0.4 is 0 Å². The average Bonchev–Trinajstić information content (AvgIpc) is 2.01. The van der Waals surface area contributed by atoms with Gasteiger partial charge in [-0.2, -0.15) is 0 Å². The molecule has 0 rings (SSSR count). The predicted molar refractivity (Wildman–Crippen MR) is 50.3 cm³/mol. The smallest absolute Gasteiger partial charge is 0.403 e. The molecule has 1 atom stereocenters. The van der Waals surface area contributed by atoms with Gasteiger partial charge in [0.2, 0.25) is 0 Å². The van der Waals surface area contributed by atoms with E-state index < -0.39 is 5.43 Å². The van der Waals surface area contributed by atoms with Crippen LogP contribution in [0, 0.1) is 5.92 Å². The van der Waals surface area contributed by atoms with E-state index in [9.17, 15) is 4.79 Å². The lowest BCUT2D eigenvalue weighted by Gasteiger charge is -2.08. The first kappa shape index (κ1) is 11.2. The third kappa shape index (κ3) is 5.98. The molecule has 0 aliphatic rings. The topological polar surface area (TPSA) is 26.3 Å². The van der Waals surface area contributed by atoms with Crippen LogP contribution in [0.2, 0.25) is 0 Å². The molecule has 0 aromatic heterocycles. The molecule has 0 amide bonds. The van der Waals surface area contributed by atoms with Gasteiger partial charge in [-0.05, 0) is 13.3 Å². The van der Waals surface area contributed by atoms with Crippen molar-refractivity contribution in [3.05, 3.63) is 24.8 Å². The Morgan fingerprint density at radius 3 is 2.83 bits per heavy atom. The largest absolute Gasteiger partial charge is 0.453 e. The Morgan fingerprint density at radius 2 is 2.42 bits per heavy atom. The zero-order chi connectivity index (χ0) is 9.40. The van der Waals surface area contributed by atoms with Crippen LogP contribution in [0.5, 0.6) is 0 Å². The third-order valence-electron chi connectivity index (χ3n) is 1.34. The summed E-state index contributed by atoms with van der Waals surface area (Å²) in [7, 11) is 0. The minimum atomic E-state index is -0.756. The van der Waals surface area contributed by atoms with Crippen LogP contribution in [0.4, 0.5) is 4.79 Å². The summed E-state index contributed by atoms with van der Waals surface area (Å²) in [6.45, 7) is 5.84. The van der Waals surface area contributed by atoms with Gasteiger partial charge >= 0.3 is 5.43 Å². The molecule has 0 aliphatic heterocycles. The maximum atomic E-state index is 10.2. The van der Waals surface area contributed by atoms with E-state index >= 15 is 0 Å². The fourth-order valence-electron chi connectivity index (χ4n) is 0.861. The van der Waals surface area contributed by atoms with Gasteiger partial charge in [-0.3, -0.25) is 0 Å². The van der Waals surface area contributed by atoms with Gasteiger partial charge in [0.25, 0.3) is 0 Å². The Bertz CT molecular complexity index is 175. The van der Waals surface area contributed by atoms with Gasteiger partial charge < -0.3 is 4.74 Å². The van der Waals surface area contributed by atoms with E-state index in [0.717, 1.165) is 6.42 Å². The van der Waals surface area contributed by atoms with Crippen LogP contribution in [0.25, 0.3) is 0 Å². The number of carbonyl (C=O) groups excluding carboxylic acids is 1. The molecule has 0 radical (unpaired) electrons. The van der Waals surface area contributed by atoms with Crippen LogP contribution in [-0.4, -0.2) is 12.0 Å². The first-order valence-corrected chi connectivity index (χ1v) is 4.14. The Morgan fingerprint density at radius 1 is 1.75 bits per heavy atom. The van der Waals surface area contributed by atoms with Crippen LogP contribution in [0.1, 0.15) is 13.3 Å². The van der Waals surface area contributed by atoms with Gasteiger partial charge in [0, 0.05) is 17.5 Å². The molecule has 0 aromatic carbocycles. The predicted octanol–water partition coefficient (Wildman–Crippen LogP) is 3.13. The number of rotatable bonds is 5. The molecule has 0 aromatic rings. The summed E-state index contributed by atoms with van der Waals surface area (Å²) in [6.07, 6.45) is 6.44. The number of hydrogen-bond donors (Lipinski definition) is 0. The van der Waals surface area contributed by atoms with Crippen LogP contribution in [0.3, 0.4) is 0 Å². The lowest BCUT2D eigenvalue weighted by molar-refractivity contribution is 0.161. The normalized spacial score (nSPS) is 12.8. The molecule has 0 spiro atoms. The van der Waals surface area contributed by atoms with E-state index in [1.165, 1.54) is 0 Å². The van der Waals surface area contributed by atoms with Crippen molar-refractivity contribution < 1.29 is 9.53 Å². The van der Waals surface area contributed by atoms with Gasteiger partial charge in [0.15, 0.2) is 0 Å². The Balaban J connectivity index is 3.77. The van der Waals surface area contributed by atoms with Gasteiger partial charge in [-0.25, -0.2) is 4.79 Å². The first-order chi connectivity index (χ1) is 5.70. The van der Waals surface area contributed by atoms with Gasteiger partial charge in [-0.1, -0.05) is 18.2 Å². The van der Waals surface area contributed by atoms with Crippen molar-refractivity contribution in [3.8, 4) is 0 Å². The van der Waals surface area contributed by atoms with E-state index in [2.05, 4.69) is 11.3 Å². The molecular weight excluding hydrogens is 176 g/mol. The summed E-state index contributed by atoms with van der Waals surface area (Å²) in [5, 5.41) is 0. The average molecular weight is 189 g/mol. The van der Waals surface area contributed by atoms with E-state index in [-0.39, 0.29) is 5.92 Å². The number of hydrogen-bond acceptors (Lipinski definition) is 2. The molecule has 0 unspecified atom stereocenters. The van der Waals surface area contributed by atoms with Crippen LogP contribution in [0.15, 0.2) is 24.8 Å². The fraction of sp³-hybridized carbons (Fsp3) is 0.444. The van der Waals surface area contributed by atoms with Crippen molar-refractivity contribution in [1.82, 2.24) is 0 Å². The number of carbonyl (C=O) groups is 1. The van der Waals surface area contributed by atoms with E-state index in [0.29, 0.717) is 6.61 Å². The highest BCUT2D eigenvalue weighted by molar-refractivity contribution is 6.61. The molecule has 0 bridgehead atoms. The van der Waals surface area contributed by atoms with Crippen molar-refractivity contribution in [2.45, 2.75) is 13.3 Å². The Kier molecular flexibility index (Phi) is 6.48. The van der Waals surface area contributed by atoms with Crippen molar-refractivity contribution >= 4 is 17.0 Å². The molecule has 3 heteroatoms. The van der Waals surface area contributed by atoms with Crippen LogP contribution >= 0.6 is 11.6 Å². The second-order valence-corrected chi connectivity index (χ2v) is 2.67. The van der Waals surface area contributed by atoms with Gasteiger partial charge in [0.1, 0.15) is 0 Å². The standard InChI is InChI=1S/C9H13ClO2/c1-3-5-8(6-4-2)7-12-9(10)11/h3-4,6,8H,1,5,7H2,2H3/b6-4-/t8-/m0/s1. The lowest BCUT2D eigenvalue weighted by atomic mass is 10.1. The minimum Gasteiger partial charge on any atom is -0.453 e. The number of allylic oxidation sites excluding steroid dienone is 2. The highest BCUT2D eigenvalue weighted by atomic mass is 35.5. The minimum absolute atomic E-state index is 0.190. The van der Waals surface area contributed by atoms with E-state index in [1.54, 1.807) is 6.08 Å². The summed E-state index contributed by atoms with van der Waals surface area (Å²) in [5.74, 6) is 0.190. The van der Waals surface area contributed by atoms with Gasteiger partial charge in [0.05, 0.1) is 6.61 Å². The molecule has 0 aliphatic carbocycles. The zero-order valence-corrected chi connectivity index (χ0v) is 7.88. The second kappa shape index (κ2) is 6.92. The third-order valence-corrected chi connectivity index (χ3v) is 1.45. The van der Waals surface area contributed by atoms with E-state index in [1.807, 2.05) is 19.1 Å². The summed E-state index contributed by atoms with van der Waals surface area (Å²) in [4.78, 5) is 10.2. The molecule has 0 fully saturated rings. The molecule has 2 nitrogen and oxygen atoms in total. The summed E-state index contributed by atoms with van der Waals surface area (Å²) in [5.41, 5.74) is -0.756. The summed E-state index contributed by atoms with van der Waals surface area (Å²) in [6, 6.07) is 0. The monoisotopic (exact) mass is 188 g/mol. The Labute approximate surface area is 77.9 Å². The fourth-order valence-corrected chi connectivity index (χ4v) is 0.924. The quantitative estimate of drug-likeness (QED) is 0.490. The van der Waals surface area contributed by atoms with Crippen LogP contribution in [-0.2, 0) is 4.74 Å². The second-order valence-electron chi connectivity index (χ2n) is 2.36.